The first-order valence-corrected chi connectivity index (χ1v) is 11.1. The van der Waals surface area contributed by atoms with Crippen molar-refractivity contribution >= 4 is 34.8 Å². The summed E-state index contributed by atoms with van der Waals surface area (Å²) in [7, 11) is 1.62. The average molecular weight is 449 g/mol. The summed E-state index contributed by atoms with van der Waals surface area (Å²) in [5.41, 5.74) is 2.08. The van der Waals surface area contributed by atoms with Crippen LogP contribution in [0.15, 0.2) is 30.3 Å². The molecular weight excluding hydrogens is 423 g/mol. The minimum absolute atomic E-state index is 0.156. The summed E-state index contributed by atoms with van der Waals surface area (Å²) in [6.07, 6.45) is 2.48. The molecule has 0 radical (unpaired) electrons. The van der Waals surface area contributed by atoms with Crippen LogP contribution < -0.4 is 14.4 Å². The summed E-state index contributed by atoms with van der Waals surface area (Å²) in [6, 6.07) is 9.12. The fourth-order valence-electron chi connectivity index (χ4n) is 4.06. The third-order valence-electron chi connectivity index (χ3n) is 5.97. The van der Waals surface area contributed by atoms with Crippen molar-refractivity contribution < 1.29 is 14.3 Å². The van der Waals surface area contributed by atoms with Crippen LogP contribution in [0.4, 0.5) is 5.69 Å². The number of carbonyl (C=O) groups excluding carboxylic acids is 1. The Balaban J connectivity index is 1.48. The van der Waals surface area contributed by atoms with E-state index < -0.39 is 0 Å². The van der Waals surface area contributed by atoms with Crippen LogP contribution in [0.25, 0.3) is 0 Å². The van der Waals surface area contributed by atoms with Crippen molar-refractivity contribution in [3.05, 3.63) is 51.5 Å². The standard InChI is InChI=1S/C23H26Cl2N2O3/c1-15-7-9-26(10-8-15)11-12-30-20-13-17(4-6-19(20)29-2)27-14-16-3-5-18(24)22(25)21(16)23(27)28/h3-6,13,15H,7-12,14H2,1-2H3. The number of hydrogen-bond donors (Lipinski definition) is 0. The van der Waals surface area contributed by atoms with Gasteiger partial charge in [-0.1, -0.05) is 36.2 Å². The predicted molar refractivity (Wildman–Crippen MR) is 120 cm³/mol. The third kappa shape index (κ3) is 4.25. The Morgan fingerprint density at radius 1 is 1.10 bits per heavy atom. The minimum Gasteiger partial charge on any atom is -0.493 e. The highest BCUT2D eigenvalue weighted by Crippen LogP contribution is 2.39. The molecule has 0 aromatic heterocycles. The molecule has 1 saturated heterocycles. The minimum atomic E-state index is -0.156. The highest BCUT2D eigenvalue weighted by Gasteiger charge is 2.32. The summed E-state index contributed by atoms with van der Waals surface area (Å²) >= 11 is 12.4. The van der Waals surface area contributed by atoms with Crippen LogP contribution in [0.5, 0.6) is 11.5 Å². The van der Waals surface area contributed by atoms with Crippen LogP contribution in [-0.2, 0) is 6.54 Å². The Labute approximate surface area is 187 Å². The van der Waals surface area contributed by atoms with Gasteiger partial charge in [0.05, 0.1) is 29.3 Å². The average Bonchev–Trinajstić information content (AvgIpc) is 3.09. The maximum absolute atomic E-state index is 13.0. The highest BCUT2D eigenvalue weighted by molar-refractivity contribution is 6.44. The normalized spacial score (nSPS) is 17.3. The van der Waals surface area contributed by atoms with E-state index in [0.717, 1.165) is 36.8 Å². The largest absolute Gasteiger partial charge is 0.493 e. The lowest BCUT2D eigenvalue weighted by Crippen LogP contribution is -2.35. The van der Waals surface area contributed by atoms with E-state index in [1.165, 1.54) is 12.8 Å². The van der Waals surface area contributed by atoms with Crippen molar-refractivity contribution in [3.8, 4) is 11.5 Å². The van der Waals surface area contributed by atoms with Crippen LogP contribution in [0, 0.1) is 5.92 Å². The van der Waals surface area contributed by atoms with Gasteiger partial charge in [-0.3, -0.25) is 9.69 Å². The van der Waals surface area contributed by atoms with Crippen molar-refractivity contribution in [3.63, 3.8) is 0 Å². The Morgan fingerprint density at radius 2 is 1.87 bits per heavy atom. The van der Waals surface area contributed by atoms with E-state index in [9.17, 15) is 4.79 Å². The molecule has 1 fully saturated rings. The molecule has 0 atom stereocenters. The number of fused-ring (bicyclic) bond motifs is 1. The van der Waals surface area contributed by atoms with Gasteiger partial charge in [-0.2, -0.15) is 0 Å². The first-order valence-electron chi connectivity index (χ1n) is 10.3. The SMILES string of the molecule is COc1ccc(N2Cc3ccc(Cl)c(Cl)c3C2=O)cc1OCCN1CCC(C)CC1. The molecule has 1 amide bonds. The Hall–Kier alpha value is -1.95. The van der Waals surface area contributed by atoms with Crippen LogP contribution in [0.3, 0.4) is 0 Å². The molecule has 5 nitrogen and oxygen atoms in total. The monoisotopic (exact) mass is 448 g/mol. The summed E-state index contributed by atoms with van der Waals surface area (Å²) in [4.78, 5) is 17.1. The van der Waals surface area contributed by atoms with E-state index in [-0.39, 0.29) is 5.91 Å². The molecule has 160 valence electrons. The number of piperidine rings is 1. The highest BCUT2D eigenvalue weighted by atomic mass is 35.5. The predicted octanol–water partition coefficient (Wildman–Crippen LogP) is 5.27. The van der Waals surface area contributed by atoms with Gasteiger partial charge in [0, 0.05) is 18.3 Å². The lowest BCUT2D eigenvalue weighted by atomic mass is 9.99. The van der Waals surface area contributed by atoms with Crippen molar-refractivity contribution in [2.75, 3.05) is 38.3 Å². The number of rotatable bonds is 6. The van der Waals surface area contributed by atoms with Gasteiger partial charge in [0.2, 0.25) is 0 Å². The van der Waals surface area contributed by atoms with Gasteiger partial charge in [0.15, 0.2) is 11.5 Å². The van der Waals surface area contributed by atoms with E-state index in [4.69, 9.17) is 32.7 Å². The molecule has 30 heavy (non-hydrogen) atoms. The number of benzene rings is 2. The van der Waals surface area contributed by atoms with Gasteiger partial charge >= 0.3 is 0 Å². The first kappa shape index (κ1) is 21.3. The number of amides is 1. The molecule has 2 aliphatic rings. The number of halogens is 2. The van der Waals surface area contributed by atoms with Gasteiger partial charge in [-0.05, 0) is 55.6 Å². The number of hydrogen-bond acceptors (Lipinski definition) is 4. The quantitative estimate of drug-likeness (QED) is 0.603. The second-order valence-corrected chi connectivity index (χ2v) is 8.78. The second-order valence-electron chi connectivity index (χ2n) is 7.99. The fraction of sp³-hybridized carbons (Fsp3) is 0.435. The number of methoxy groups -OCH3 is 1. The maximum atomic E-state index is 13.0. The van der Waals surface area contributed by atoms with Gasteiger partial charge in [0.25, 0.3) is 5.91 Å². The lowest BCUT2D eigenvalue weighted by molar-refractivity contribution is 0.0996. The smallest absolute Gasteiger partial charge is 0.260 e. The van der Waals surface area contributed by atoms with E-state index >= 15 is 0 Å². The van der Waals surface area contributed by atoms with E-state index in [2.05, 4.69) is 11.8 Å². The van der Waals surface area contributed by atoms with Gasteiger partial charge < -0.3 is 14.4 Å². The third-order valence-corrected chi connectivity index (χ3v) is 6.77. The van der Waals surface area contributed by atoms with E-state index in [0.29, 0.717) is 40.3 Å². The van der Waals surface area contributed by atoms with E-state index in [1.807, 2.05) is 24.3 Å². The number of anilines is 1. The molecule has 2 aromatic carbocycles. The van der Waals surface area contributed by atoms with Gasteiger partial charge in [-0.25, -0.2) is 0 Å². The molecule has 2 heterocycles. The molecule has 0 unspecified atom stereocenters. The number of likely N-dealkylation sites (tertiary alicyclic amines) is 1. The van der Waals surface area contributed by atoms with Crippen molar-refractivity contribution in [2.45, 2.75) is 26.3 Å². The summed E-state index contributed by atoms with van der Waals surface area (Å²) < 4.78 is 11.5. The zero-order chi connectivity index (χ0) is 21.3. The molecular formula is C23H26Cl2N2O3. The summed E-state index contributed by atoms with van der Waals surface area (Å²) in [6.45, 7) is 6.44. The Bertz CT molecular complexity index is 942. The molecule has 2 aliphatic heterocycles. The maximum Gasteiger partial charge on any atom is 0.260 e. The summed E-state index contributed by atoms with van der Waals surface area (Å²) in [5, 5.41) is 0.693. The van der Waals surface area contributed by atoms with Crippen molar-refractivity contribution in [1.82, 2.24) is 4.90 Å². The summed E-state index contributed by atoms with van der Waals surface area (Å²) in [5.74, 6) is 1.94. The zero-order valence-electron chi connectivity index (χ0n) is 17.3. The molecule has 7 heteroatoms. The van der Waals surface area contributed by atoms with Crippen LogP contribution in [0.2, 0.25) is 10.0 Å². The molecule has 0 saturated carbocycles. The van der Waals surface area contributed by atoms with Crippen molar-refractivity contribution in [2.24, 2.45) is 5.92 Å². The lowest BCUT2D eigenvalue weighted by Gasteiger charge is -2.30. The van der Waals surface area contributed by atoms with Crippen LogP contribution in [0.1, 0.15) is 35.7 Å². The van der Waals surface area contributed by atoms with Crippen molar-refractivity contribution in [1.29, 1.82) is 0 Å². The number of carbonyl (C=O) groups is 1. The number of nitrogens with zero attached hydrogens (tertiary/aromatic N) is 2. The molecule has 0 N–H and O–H groups in total. The molecule has 4 rings (SSSR count). The first-order chi connectivity index (χ1) is 14.5. The molecule has 0 spiro atoms. The topological polar surface area (TPSA) is 42.0 Å². The molecule has 0 aliphatic carbocycles. The second kappa shape index (κ2) is 9.04. The number of ether oxygens (including phenoxy) is 2. The Kier molecular flexibility index (Phi) is 6.42. The molecule has 2 aromatic rings. The van der Waals surface area contributed by atoms with Gasteiger partial charge in [-0.15, -0.1) is 0 Å². The van der Waals surface area contributed by atoms with E-state index in [1.54, 1.807) is 18.1 Å². The fourth-order valence-corrected chi connectivity index (χ4v) is 4.48. The van der Waals surface area contributed by atoms with Gasteiger partial charge in [0.1, 0.15) is 6.61 Å². The Morgan fingerprint density at radius 3 is 2.60 bits per heavy atom. The van der Waals surface area contributed by atoms with Crippen LogP contribution >= 0.6 is 23.2 Å². The zero-order valence-corrected chi connectivity index (χ0v) is 18.8. The molecule has 0 bridgehead atoms. The van der Waals surface area contributed by atoms with Crippen LogP contribution in [-0.4, -0.2) is 44.2 Å².